The zero-order valence-electron chi connectivity index (χ0n) is 8.40. The summed E-state index contributed by atoms with van der Waals surface area (Å²) in [7, 11) is 0. The first kappa shape index (κ1) is 11.7. The number of rotatable bonds is 4. The molecule has 0 heterocycles. The molecule has 1 aromatic carbocycles. The Morgan fingerprint density at radius 2 is 1.93 bits per heavy atom. The Morgan fingerprint density at radius 3 is 2.40 bits per heavy atom. The van der Waals surface area contributed by atoms with Gasteiger partial charge in [-0.2, -0.15) is 0 Å². The van der Waals surface area contributed by atoms with E-state index < -0.39 is 11.2 Å². The van der Waals surface area contributed by atoms with Crippen LogP contribution >= 0.6 is 0 Å². The predicted molar refractivity (Wildman–Crippen MR) is 60.1 cm³/mol. The van der Waals surface area contributed by atoms with Gasteiger partial charge in [-0.25, -0.2) is 0 Å². The molecule has 80 valence electrons. The predicted octanol–water partition coefficient (Wildman–Crippen LogP) is 0.807. The van der Waals surface area contributed by atoms with Gasteiger partial charge in [0, 0.05) is 12.0 Å². The molecule has 3 nitrogen and oxygen atoms in total. The molecule has 0 saturated heterocycles. The van der Waals surface area contributed by atoms with Gasteiger partial charge in [-0.1, -0.05) is 30.3 Å². The van der Waals surface area contributed by atoms with Crippen molar-refractivity contribution in [1.29, 1.82) is 0 Å². The highest BCUT2D eigenvalue weighted by molar-refractivity contribution is 7.77. The average molecular weight is 222 g/mol. The summed E-state index contributed by atoms with van der Waals surface area (Å²) in [5.41, 5.74) is 0.981. The molecule has 0 fully saturated rings. The summed E-state index contributed by atoms with van der Waals surface area (Å²) >= 11 is 4.56. The van der Waals surface area contributed by atoms with Crippen molar-refractivity contribution in [1.82, 2.24) is 5.32 Å². The highest BCUT2D eigenvalue weighted by Crippen LogP contribution is 2.03. The lowest BCUT2D eigenvalue weighted by Crippen LogP contribution is -2.40. The second-order valence-corrected chi connectivity index (χ2v) is 3.66. The second-order valence-electron chi connectivity index (χ2n) is 3.26. The van der Waals surface area contributed by atoms with Crippen LogP contribution in [0.5, 0.6) is 0 Å². The largest absolute Gasteiger partial charge is 0.740 e. The monoisotopic (exact) mass is 222 g/mol. The summed E-state index contributed by atoms with van der Waals surface area (Å²) in [5, 5.41) is 2.10. The van der Waals surface area contributed by atoms with Crippen LogP contribution in [0.15, 0.2) is 30.3 Å². The van der Waals surface area contributed by atoms with E-state index in [9.17, 15) is 9.59 Å². The van der Waals surface area contributed by atoms with Crippen molar-refractivity contribution >= 4 is 23.7 Å². The maximum Gasteiger partial charge on any atom is 0.217 e. The summed E-state index contributed by atoms with van der Waals surface area (Å²) in [5.74, 6) is -0.242. The molecule has 1 rings (SSSR count). The molecule has 0 aromatic heterocycles. The summed E-state index contributed by atoms with van der Waals surface area (Å²) in [6, 6.07) is 8.86. The van der Waals surface area contributed by atoms with Gasteiger partial charge in [0.05, 0.1) is 6.04 Å². The summed E-state index contributed by atoms with van der Waals surface area (Å²) < 4.78 is 0. The van der Waals surface area contributed by atoms with Gasteiger partial charge >= 0.3 is 0 Å². The van der Waals surface area contributed by atoms with Crippen molar-refractivity contribution < 1.29 is 9.59 Å². The molecule has 1 aromatic rings. The number of hydrogen-bond donors (Lipinski definition) is 1. The van der Waals surface area contributed by atoms with Crippen LogP contribution in [0.3, 0.4) is 0 Å². The Kier molecular flexibility index (Phi) is 4.24. The topological polar surface area (TPSA) is 46.2 Å². The highest BCUT2D eigenvalue weighted by Gasteiger charge is 2.10. The van der Waals surface area contributed by atoms with Crippen LogP contribution in [0.4, 0.5) is 0 Å². The fourth-order valence-electron chi connectivity index (χ4n) is 1.29. The second kappa shape index (κ2) is 5.46. The molecule has 0 aliphatic heterocycles. The molecule has 0 aliphatic carbocycles. The number of carbonyl (C=O) groups is 2. The van der Waals surface area contributed by atoms with E-state index >= 15 is 0 Å². The minimum atomic E-state index is -0.597. The Bertz CT molecular complexity index is 351. The number of amides is 1. The SMILES string of the molecule is CC(=O)NC(Cc1ccccc1)C(=O)[S-]. The molecule has 0 bridgehead atoms. The third kappa shape index (κ3) is 4.08. The van der Waals surface area contributed by atoms with E-state index in [1.54, 1.807) is 0 Å². The van der Waals surface area contributed by atoms with E-state index in [0.717, 1.165) is 5.56 Å². The van der Waals surface area contributed by atoms with Crippen LogP contribution < -0.4 is 5.32 Å². The number of hydrogen-bond acceptors (Lipinski definition) is 3. The normalized spacial score (nSPS) is 11.8. The lowest BCUT2D eigenvalue weighted by Gasteiger charge is -2.19. The van der Waals surface area contributed by atoms with E-state index in [4.69, 9.17) is 0 Å². The number of benzene rings is 1. The van der Waals surface area contributed by atoms with Crippen LogP contribution in [0.25, 0.3) is 0 Å². The first-order chi connectivity index (χ1) is 7.09. The Balaban J connectivity index is 2.67. The van der Waals surface area contributed by atoms with Crippen LogP contribution in [-0.2, 0) is 28.6 Å². The molecule has 0 aliphatic rings. The lowest BCUT2D eigenvalue weighted by atomic mass is 10.1. The molecule has 0 spiro atoms. The maximum atomic E-state index is 11.1. The molecule has 1 unspecified atom stereocenters. The first-order valence-electron chi connectivity index (χ1n) is 4.61. The highest BCUT2D eigenvalue weighted by atomic mass is 32.1. The lowest BCUT2D eigenvalue weighted by molar-refractivity contribution is -0.123. The standard InChI is InChI=1S/C11H13NO2S/c1-8(13)12-10(11(14)15)7-9-5-3-2-4-6-9/h2-6,10H,7H2,1H3,(H,12,13)(H,14,15)/p-1. The number of carbonyl (C=O) groups excluding carboxylic acids is 2. The van der Waals surface area contributed by atoms with E-state index in [-0.39, 0.29) is 5.91 Å². The summed E-state index contributed by atoms with van der Waals surface area (Å²) in [6.07, 6.45) is 0.447. The minimum absolute atomic E-state index is 0.242. The van der Waals surface area contributed by atoms with E-state index in [1.807, 2.05) is 30.3 Å². The Hall–Kier alpha value is -1.42. The van der Waals surface area contributed by atoms with Gasteiger partial charge in [-0.3, -0.25) is 4.79 Å². The quantitative estimate of drug-likeness (QED) is 0.767. The molecule has 15 heavy (non-hydrogen) atoms. The van der Waals surface area contributed by atoms with Gasteiger partial charge in [0.25, 0.3) is 0 Å². The van der Waals surface area contributed by atoms with E-state index in [0.29, 0.717) is 6.42 Å². The molecule has 1 atom stereocenters. The fraction of sp³-hybridized carbons (Fsp3) is 0.273. The van der Waals surface area contributed by atoms with Gasteiger partial charge in [-0.05, 0) is 12.0 Å². The van der Waals surface area contributed by atoms with Gasteiger partial charge in [-0.15, -0.1) is 0 Å². The molecule has 1 N–H and O–H groups in total. The average Bonchev–Trinajstić information content (AvgIpc) is 2.17. The van der Waals surface area contributed by atoms with Gasteiger partial charge in [0.2, 0.25) is 5.91 Å². The van der Waals surface area contributed by atoms with Crippen molar-refractivity contribution in [2.75, 3.05) is 0 Å². The van der Waals surface area contributed by atoms with Gasteiger partial charge in [0.15, 0.2) is 0 Å². The van der Waals surface area contributed by atoms with Gasteiger partial charge < -0.3 is 22.7 Å². The molecule has 0 saturated carbocycles. The first-order valence-corrected chi connectivity index (χ1v) is 5.02. The smallest absolute Gasteiger partial charge is 0.217 e. The molecular weight excluding hydrogens is 210 g/mol. The summed E-state index contributed by atoms with van der Waals surface area (Å²) in [4.78, 5) is 21.9. The zero-order chi connectivity index (χ0) is 11.3. The maximum absolute atomic E-state index is 11.1. The van der Waals surface area contributed by atoms with Crippen molar-refractivity contribution in [2.24, 2.45) is 0 Å². The summed E-state index contributed by atoms with van der Waals surface area (Å²) in [6.45, 7) is 1.37. The van der Waals surface area contributed by atoms with Crippen LogP contribution in [0.2, 0.25) is 0 Å². The third-order valence-corrected chi connectivity index (χ3v) is 2.23. The van der Waals surface area contributed by atoms with Crippen molar-refractivity contribution in [2.45, 2.75) is 19.4 Å². The minimum Gasteiger partial charge on any atom is -0.740 e. The molecule has 1 amide bonds. The Labute approximate surface area is 94.3 Å². The molecule has 4 heteroatoms. The van der Waals surface area contributed by atoms with Crippen LogP contribution in [0, 0.1) is 0 Å². The van der Waals surface area contributed by atoms with Crippen molar-refractivity contribution in [3.8, 4) is 0 Å². The van der Waals surface area contributed by atoms with E-state index in [2.05, 4.69) is 17.9 Å². The van der Waals surface area contributed by atoms with Crippen LogP contribution in [0.1, 0.15) is 12.5 Å². The van der Waals surface area contributed by atoms with E-state index in [1.165, 1.54) is 6.92 Å². The van der Waals surface area contributed by atoms with Gasteiger partial charge in [0.1, 0.15) is 0 Å². The van der Waals surface area contributed by atoms with Crippen molar-refractivity contribution in [3.05, 3.63) is 35.9 Å². The van der Waals surface area contributed by atoms with Crippen molar-refractivity contribution in [3.63, 3.8) is 0 Å². The number of nitrogens with one attached hydrogen (secondary N) is 1. The van der Waals surface area contributed by atoms with Crippen LogP contribution in [-0.4, -0.2) is 17.1 Å². The molecule has 0 radical (unpaired) electrons. The zero-order valence-corrected chi connectivity index (χ0v) is 9.21. The fourth-order valence-corrected chi connectivity index (χ4v) is 1.43. The third-order valence-electron chi connectivity index (χ3n) is 1.94. The Morgan fingerprint density at radius 1 is 1.33 bits per heavy atom. The molecular formula is C11H12NO2S-.